The molecule has 0 aliphatic carbocycles. The second kappa shape index (κ2) is 14.1. The zero-order chi connectivity index (χ0) is 32.3. The molecule has 0 saturated carbocycles. The Morgan fingerprint density at radius 1 is 1.09 bits per heavy atom. The molecule has 2 saturated heterocycles. The highest BCUT2D eigenvalue weighted by atomic mass is 16.6. The van der Waals surface area contributed by atoms with Crippen LogP contribution in [0.3, 0.4) is 0 Å². The molecule has 1 aromatic carbocycles. The predicted molar refractivity (Wildman–Crippen MR) is 183 cm³/mol. The van der Waals surface area contributed by atoms with Gasteiger partial charge in [0.2, 0.25) is 0 Å². The summed E-state index contributed by atoms with van der Waals surface area (Å²) >= 11 is 0. The summed E-state index contributed by atoms with van der Waals surface area (Å²) in [6.45, 7) is 17.0. The van der Waals surface area contributed by atoms with Crippen molar-refractivity contribution in [2.45, 2.75) is 84.7 Å². The molecular formula is C37H52N6O3. The van der Waals surface area contributed by atoms with Gasteiger partial charge in [-0.1, -0.05) is 6.07 Å². The number of hydrogen-bond acceptors (Lipinski definition) is 8. The molecule has 3 aliphatic rings. The Labute approximate surface area is 274 Å². The van der Waals surface area contributed by atoms with Gasteiger partial charge < -0.3 is 24.6 Å². The number of aryl methyl sites for hydroxylation is 4. The van der Waals surface area contributed by atoms with Gasteiger partial charge in [0.05, 0.1) is 31.0 Å². The van der Waals surface area contributed by atoms with E-state index in [-0.39, 0.29) is 11.9 Å². The number of pyridine rings is 1. The smallest absolute Gasteiger partial charge is 0.306 e. The van der Waals surface area contributed by atoms with E-state index in [9.17, 15) is 4.79 Å². The Bertz CT molecular complexity index is 1510. The van der Waals surface area contributed by atoms with Gasteiger partial charge in [-0.15, -0.1) is 0 Å². The van der Waals surface area contributed by atoms with Crippen molar-refractivity contribution in [3.8, 4) is 5.69 Å². The normalized spacial score (nSPS) is 19.5. The molecule has 2 atom stereocenters. The molecule has 2 aromatic heterocycles. The third-order valence-corrected chi connectivity index (χ3v) is 9.47. The van der Waals surface area contributed by atoms with Crippen LogP contribution in [0.2, 0.25) is 0 Å². The number of rotatable bonds is 10. The van der Waals surface area contributed by atoms with E-state index in [0.717, 1.165) is 92.7 Å². The number of benzene rings is 1. The van der Waals surface area contributed by atoms with Crippen LogP contribution in [0.1, 0.15) is 80.6 Å². The Morgan fingerprint density at radius 3 is 2.65 bits per heavy atom. The molecule has 3 aliphatic heterocycles. The SMILES string of the molecule is Cc1cc(C)n(-c2cc([C@H](CC(=O)OC(C)(C)C)CN3CC[C@@H](CCc4ccc5c(n4)NCCC5)C3)cc(N3CCOCC3)c2)n1. The average molecular weight is 629 g/mol. The fraction of sp³-hybridized carbons (Fsp3) is 0.595. The third-order valence-electron chi connectivity index (χ3n) is 9.47. The van der Waals surface area contributed by atoms with Crippen molar-refractivity contribution in [3.05, 3.63) is 64.6 Å². The van der Waals surface area contributed by atoms with Crippen LogP contribution >= 0.6 is 0 Å². The first kappa shape index (κ1) is 32.5. The summed E-state index contributed by atoms with van der Waals surface area (Å²) in [7, 11) is 0. The number of carbonyl (C=O) groups is 1. The van der Waals surface area contributed by atoms with Crippen LogP contribution in [0.4, 0.5) is 11.5 Å². The lowest BCUT2D eigenvalue weighted by Crippen LogP contribution is -2.36. The number of nitrogens with zero attached hydrogens (tertiary/aromatic N) is 5. The van der Waals surface area contributed by atoms with E-state index >= 15 is 0 Å². The molecule has 248 valence electrons. The molecule has 0 amide bonds. The van der Waals surface area contributed by atoms with Gasteiger partial charge in [-0.2, -0.15) is 5.10 Å². The van der Waals surface area contributed by atoms with Crippen molar-refractivity contribution >= 4 is 17.5 Å². The summed E-state index contributed by atoms with van der Waals surface area (Å²) in [6, 6.07) is 13.4. The molecule has 0 unspecified atom stereocenters. The second-order valence-corrected chi connectivity index (χ2v) is 14.5. The first-order chi connectivity index (χ1) is 22.1. The van der Waals surface area contributed by atoms with Crippen molar-refractivity contribution in [3.63, 3.8) is 0 Å². The summed E-state index contributed by atoms with van der Waals surface area (Å²) in [5.41, 5.74) is 7.44. The predicted octanol–water partition coefficient (Wildman–Crippen LogP) is 5.85. The van der Waals surface area contributed by atoms with Crippen LogP contribution in [0.5, 0.6) is 0 Å². The number of morpholine rings is 1. The number of hydrogen-bond donors (Lipinski definition) is 1. The number of esters is 1. The molecule has 0 radical (unpaired) electrons. The lowest BCUT2D eigenvalue weighted by atomic mass is 9.93. The van der Waals surface area contributed by atoms with E-state index in [2.05, 4.69) is 58.4 Å². The minimum absolute atomic E-state index is 0.00121. The molecule has 3 aromatic rings. The van der Waals surface area contributed by atoms with Gasteiger partial charge >= 0.3 is 5.97 Å². The zero-order valence-corrected chi connectivity index (χ0v) is 28.5. The van der Waals surface area contributed by atoms with Crippen LogP contribution in [-0.2, 0) is 27.1 Å². The maximum atomic E-state index is 13.3. The van der Waals surface area contributed by atoms with Crippen LogP contribution in [0.25, 0.3) is 5.69 Å². The van der Waals surface area contributed by atoms with Gasteiger partial charge in [-0.05, 0) is 121 Å². The van der Waals surface area contributed by atoms with Gasteiger partial charge in [-0.3, -0.25) is 4.79 Å². The van der Waals surface area contributed by atoms with Gasteiger partial charge in [0.15, 0.2) is 0 Å². The maximum absolute atomic E-state index is 13.3. The summed E-state index contributed by atoms with van der Waals surface area (Å²) in [5, 5.41) is 8.30. The van der Waals surface area contributed by atoms with Crippen molar-refractivity contribution < 1.29 is 14.3 Å². The number of likely N-dealkylation sites (tertiary alicyclic amines) is 1. The van der Waals surface area contributed by atoms with Crippen LogP contribution in [0.15, 0.2) is 36.4 Å². The highest BCUT2D eigenvalue weighted by molar-refractivity contribution is 5.71. The molecule has 1 N–H and O–H groups in total. The van der Waals surface area contributed by atoms with E-state index < -0.39 is 5.60 Å². The monoisotopic (exact) mass is 628 g/mol. The molecule has 6 rings (SSSR count). The van der Waals surface area contributed by atoms with Gasteiger partial charge in [0, 0.05) is 55.7 Å². The molecule has 9 nitrogen and oxygen atoms in total. The Balaban J connectivity index is 1.21. The van der Waals surface area contributed by atoms with E-state index in [1.807, 2.05) is 32.4 Å². The minimum Gasteiger partial charge on any atom is -0.460 e. The lowest BCUT2D eigenvalue weighted by molar-refractivity contribution is -0.155. The molecular weight excluding hydrogens is 576 g/mol. The number of nitrogens with one attached hydrogen (secondary N) is 1. The number of ether oxygens (including phenoxy) is 2. The van der Waals surface area contributed by atoms with Gasteiger partial charge in [-0.25, -0.2) is 9.67 Å². The zero-order valence-electron chi connectivity index (χ0n) is 28.5. The van der Waals surface area contributed by atoms with Crippen molar-refractivity contribution in [1.29, 1.82) is 0 Å². The highest BCUT2D eigenvalue weighted by Crippen LogP contribution is 2.33. The average Bonchev–Trinajstić information content (AvgIpc) is 3.63. The summed E-state index contributed by atoms with van der Waals surface area (Å²) < 4.78 is 13.6. The molecule has 0 bridgehead atoms. The Kier molecular flexibility index (Phi) is 9.99. The van der Waals surface area contributed by atoms with Crippen molar-refractivity contribution in [2.24, 2.45) is 5.92 Å². The summed E-state index contributed by atoms with van der Waals surface area (Å²) in [5.74, 6) is 1.56. The van der Waals surface area contributed by atoms with E-state index in [1.165, 1.54) is 24.1 Å². The highest BCUT2D eigenvalue weighted by Gasteiger charge is 2.29. The largest absolute Gasteiger partial charge is 0.460 e. The molecule has 2 fully saturated rings. The lowest BCUT2D eigenvalue weighted by Gasteiger charge is -2.31. The molecule has 5 heterocycles. The quantitative estimate of drug-likeness (QED) is 0.280. The molecule has 0 spiro atoms. The molecule has 46 heavy (non-hydrogen) atoms. The topological polar surface area (TPSA) is 84.8 Å². The Morgan fingerprint density at radius 2 is 1.89 bits per heavy atom. The van der Waals surface area contributed by atoms with Gasteiger partial charge in [0.25, 0.3) is 0 Å². The van der Waals surface area contributed by atoms with E-state index in [1.54, 1.807) is 0 Å². The minimum atomic E-state index is -0.523. The number of aromatic nitrogens is 3. The maximum Gasteiger partial charge on any atom is 0.306 e. The number of fused-ring (bicyclic) bond motifs is 1. The fourth-order valence-electron chi connectivity index (χ4n) is 7.23. The summed E-state index contributed by atoms with van der Waals surface area (Å²) in [4.78, 5) is 23.2. The number of carbonyl (C=O) groups excluding carboxylic acids is 1. The molecule has 9 heteroatoms. The van der Waals surface area contributed by atoms with Crippen LogP contribution in [-0.4, -0.2) is 83.7 Å². The first-order valence-electron chi connectivity index (χ1n) is 17.3. The van der Waals surface area contributed by atoms with Gasteiger partial charge in [0.1, 0.15) is 11.4 Å². The third kappa shape index (κ3) is 8.28. The standard InChI is InChI=1S/C37H52N6O3/c1-26-19-27(2)43(40-26)34-21-30(20-33(23-34)42-15-17-45-18-16-42)31(22-35(44)46-37(3,4)5)25-41-14-12-28(24-41)8-10-32-11-9-29-7-6-13-38-36(29)39-32/h9,11,19-21,23,28,31H,6-8,10,12-18,22,24-25H2,1-5H3,(H,38,39)/t28-,31-/m1/s1. The van der Waals surface area contributed by atoms with E-state index in [0.29, 0.717) is 25.6 Å². The second-order valence-electron chi connectivity index (χ2n) is 14.5. The van der Waals surface area contributed by atoms with Crippen LogP contribution in [0, 0.1) is 19.8 Å². The van der Waals surface area contributed by atoms with Crippen LogP contribution < -0.4 is 10.2 Å². The van der Waals surface area contributed by atoms with Crippen molar-refractivity contribution in [2.75, 3.05) is 62.7 Å². The number of anilines is 2. The van der Waals surface area contributed by atoms with E-state index in [4.69, 9.17) is 19.6 Å². The summed E-state index contributed by atoms with van der Waals surface area (Å²) in [6.07, 6.45) is 5.95. The first-order valence-corrected chi connectivity index (χ1v) is 17.3. The Hall–Kier alpha value is -3.43. The fourth-order valence-corrected chi connectivity index (χ4v) is 7.23. The van der Waals surface area contributed by atoms with Crippen molar-refractivity contribution in [1.82, 2.24) is 19.7 Å².